The minimum Gasteiger partial charge on any atom is -0.477 e. The van der Waals surface area contributed by atoms with Gasteiger partial charge in [0.1, 0.15) is 9.88 Å². The molecule has 0 saturated heterocycles. The zero-order valence-corrected chi connectivity index (χ0v) is 13.9. The SMILES string of the molecule is COCc1nc(-c2cc(Br)c(Br)s2)sc1C(=O)O. The number of aromatic nitrogens is 1. The number of thiazole rings is 1. The lowest BCUT2D eigenvalue weighted by atomic mass is 10.4. The van der Waals surface area contributed by atoms with E-state index in [0.29, 0.717) is 10.7 Å². The maximum atomic E-state index is 11.1. The van der Waals surface area contributed by atoms with Crippen molar-refractivity contribution in [2.75, 3.05) is 7.11 Å². The molecule has 0 bridgehead atoms. The summed E-state index contributed by atoms with van der Waals surface area (Å²) >= 11 is 9.47. The molecule has 2 aromatic rings. The third-order valence-corrected chi connectivity index (χ3v) is 6.54. The summed E-state index contributed by atoms with van der Waals surface area (Å²) in [6.45, 7) is 0.200. The number of halogens is 2. The molecule has 0 unspecified atom stereocenters. The van der Waals surface area contributed by atoms with E-state index in [9.17, 15) is 4.79 Å². The Kier molecular flexibility index (Phi) is 4.54. The molecule has 2 rings (SSSR count). The smallest absolute Gasteiger partial charge is 0.347 e. The Balaban J connectivity index is 2.45. The Morgan fingerprint density at radius 2 is 2.22 bits per heavy atom. The maximum absolute atomic E-state index is 11.1. The molecule has 0 spiro atoms. The van der Waals surface area contributed by atoms with Crippen molar-refractivity contribution in [1.82, 2.24) is 4.98 Å². The number of hydrogen-bond donors (Lipinski definition) is 1. The standard InChI is InChI=1S/C10H7Br2NO3S2/c1-16-3-5-7(10(14)15)18-9(13-5)6-2-4(11)8(12)17-6/h2H,3H2,1H3,(H,14,15). The molecule has 4 nitrogen and oxygen atoms in total. The molecule has 0 atom stereocenters. The highest BCUT2D eigenvalue weighted by atomic mass is 79.9. The van der Waals surface area contributed by atoms with Crippen LogP contribution in [0.5, 0.6) is 0 Å². The van der Waals surface area contributed by atoms with E-state index in [0.717, 1.165) is 24.5 Å². The summed E-state index contributed by atoms with van der Waals surface area (Å²) in [5, 5.41) is 9.80. The van der Waals surface area contributed by atoms with Crippen LogP contribution in [0.25, 0.3) is 9.88 Å². The van der Waals surface area contributed by atoms with Crippen molar-refractivity contribution in [3.8, 4) is 9.88 Å². The number of rotatable bonds is 4. The summed E-state index contributed by atoms with van der Waals surface area (Å²) in [7, 11) is 1.52. The minimum atomic E-state index is -0.972. The van der Waals surface area contributed by atoms with Crippen LogP contribution in [0.4, 0.5) is 0 Å². The van der Waals surface area contributed by atoms with Crippen molar-refractivity contribution >= 4 is 60.5 Å². The average Bonchev–Trinajstić information content (AvgIpc) is 2.85. The zero-order valence-electron chi connectivity index (χ0n) is 9.07. The van der Waals surface area contributed by atoms with Gasteiger partial charge in [0, 0.05) is 11.6 Å². The van der Waals surface area contributed by atoms with Crippen molar-refractivity contribution in [1.29, 1.82) is 0 Å². The third-order valence-electron chi connectivity index (χ3n) is 2.03. The summed E-state index contributed by atoms with van der Waals surface area (Å²) in [5.41, 5.74) is 0.464. The molecular weight excluding hydrogens is 406 g/mol. The summed E-state index contributed by atoms with van der Waals surface area (Å²) in [4.78, 5) is 16.6. The Bertz CT molecular complexity index is 574. The van der Waals surface area contributed by atoms with Gasteiger partial charge in [0.25, 0.3) is 0 Å². The molecule has 8 heteroatoms. The molecule has 0 amide bonds. The third kappa shape index (κ3) is 2.83. The molecule has 0 aliphatic carbocycles. The number of thiophene rings is 1. The molecule has 0 radical (unpaired) electrons. The normalized spacial score (nSPS) is 10.8. The number of methoxy groups -OCH3 is 1. The molecule has 2 aromatic heterocycles. The summed E-state index contributed by atoms with van der Waals surface area (Å²) < 4.78 is 6.85. The van der Waals surface area contributed by atoms with E-state index in [-0.39, 0.29) is 11.5 Å². The molecular formula is C10H7Br2NO3S2. The lowest BCUT2D eigenvalue weighted by Gasteiger charge is -1.94. The molecule has 0 aliphatic rings. The lowest BCUT2D eigenvalue weighted by molar-refractivity contribution is 0.0697. The van der Waals surface area contributed by atoms with Gasteiger partial charge in [-0.3, -0.25) is 0 Å². The molecule has 18 heavy (non-hydrogen) atoms. The van der Waals surface area contributed by atoms with E-state index in [1.54, 1.807) is 0 Å². The second kappa shape index (κ2) is 5.79. The first-order valence-electron chi connectivity index (χ1n) is 4.70. The van der Waals surface area contributed by atoms with Crippen molar-refractivity contribution in [3.05, 3.63) is 24.9 Å². The minimum absolute atomic E-state index is 0.200. The Morgan fingerprint density at radius 3 is 2.72 bits per heavy atom. The Hall–Kier alpha value is -0.280. The van der Waals surface area contributed by atoms with E-state index >= 15 is 0 Å². The highest BCUT2D eigenvalue weighted by Crippen LogP contribution is 2.40. The lowest BCUT2D eigenvalue weighted by Crippen LogP contribution is -1.99. The van der Waals surface area contributed by atoms with E-state index in [1.165, 1.54) is 18.4 Å². The predicted octanol–water partition coefficient (Wildman–Crippen LogP) is 4.24. The Morgan fingerprint density at radius 1 is 1.50 bits per heavy atom. The van der Waals surface area contributed by atoms with Crippen LogP contribution in [-0.4, -0.2) is 23.2 Å². The fraction of sp³-hybridized carbons (Fsp3) is 0.200. The summed E-state index contributed by atoms with van der Waals surface area (Å²) in [6.07, 6.45) is 0. The van der Waals surface area contributed by atoms with Crippen molar-refractivity contribution in [2.24, 2.45) is 0 Å². The molecule has 2 heterocycles. The van der Waals surface area contributed by atoms with Crippen LogP contribution >= 0.6 is 54.5 Å². The van der Waals surface area contributed by atoms with E-state index < -0.39 is 5.97 Å². The highest BCUT2D eigenvalue weighted by molar-refractivity contribution is 9.13. The monoisotopic (exact) mass is 411 g/mol. The molecule has 96 valence electrons. The largest absolute Gasteiger partial charge is 0.477 e. The zero-order chi connectivity index (χ0) is 13.3. The van der Waals surface area contributed by atoms with Crippen LogP contribution in [0.15, 0.2) is 14.3 Å². The summed E-state index contributed by atoms with van der Waals surface area (Å²) in [6, 6.07) is 1.91. The van der Waals surface area contributed by atoms with Gasteiger partial charge in [0.2, 0.25) is 0 Å². The van der Waals surface area contributed by atoms with E-state index in [2.05, 4.69) is 36.8 Å². The molecule has 0 fully saturated rings. The second-order valence-corrected chi connectivity index (χ2v) is 7.49. The fourth-order valence-electron chi connectivity index (χ4n) is 1.31. The van der Waals surface area contributed by atoms with Gasteiger partial charge in [-0.1, -0.05) is 0 Å². The first-order chi connectivity index (χ1) is 8.52. The average molecular weight is 413 g/mol. The Labute approximate surface area is 128 Å². The number of ether oxygens (including phenoxy) is 1. The van der Waals surface area contributed by atoms with E-state index in [1.807, 2.05) is 6.07 Å². The first kappa shape index (κ1) is 14.1. The van der Waals surface area contributed by atoms with Crippen LogP contribution in [0.3, 0.4) is 0 Å². The number of aromatic carboxylic acids is 1. The second-order valence-electron chi connectivity index (χ2n) is 3.27. The highest BCUT2D eigenvalue weighted by Gasteiger charge is 2.19. The van der Waals surface area contributed by atoms with Gasteiger partial charge in [-0.25, -0.2) is 9.78 Å². The first-order valence-corrected chi connectivity index (χ1v) is 7.92. The van der Waals surface area contributed by atoms with Gasteiger partial charge in [-0.2, -0.15) is 0 Å². The van der Waals surface area contributed by atoms with Crippen LogP contribution in [0, 0.1) is 0 Å². The van der Waals surface area contributed by atoms with E-state index in [4.69, 9.17) is 9.84 Å². The van der Waals surface area contributed by atoms with Crippen LogP contribution in [0.1, 0.15) is 15.4 Å². The number of nitrogens with zero attached hydrogens (tertiary/aromatic N) is 1. The van der Waals surface area contributed by atoms with Crippen LogP contribution in [0.2, 0.25) is 0 Å². The van der Waals surface area contributed by atoms with Crippen molar-refractivity contribution < 1.29 is 14.6 Å². The molecule has 0 aromatic carbocycles. The van der Waals surface area contributed by atoms with Crippen LogP contribution in [-0.2, 0) is 11.3 Å². The maximum Gasteiger partial charge on any atom is 0.347 e. The number of carboxylic acid groups (broad SMARTS) is 1. The molecule has 1 N–H and O–H groups in total. The number of carbonyl (C=O) groups is 1. The van der Waals surface area contributed by atoms with Crippen LogP contribution < -0.4 is 0 Å². The predicted molar refractivity (Wildman–Crippen MR) is 78.5 cm³/mol. The molecule has 0 aliphatic heterocycles. The van der Waals surface area contributed by atoms with Gasteiger partial charge in [0.15, 0.2) is 0 Å². The van der Waals surface area contributed by atoms with Gasteiger partial charge in [0.05, 0.1) is 21.0 Å². The van der Waals surface area contributed by atoms with Gasteiger partial charge in [-0.15, -0.1) is 22.7 Å². The quantitative estimate of drug-likeness (QED) is 0.815. The topological polar surface area (TPSA) is 59.4 Å². The van der Waals surface area contributed by atoms with Gasteiger partial charge in [-0.05, 0) is 37.9 Å². The molecule has 0 saturated carbocycles. The van der Waals surface area contributed by atoms with Gasteiger partial charge < -0.3 is 9.84 Å². The summed E-state index contributed by atoms with van der Waals surface area (Å²) in [5.74, 6) is -0.972. The van der Waals surface area contributed by atoms with Crippen molar-refractivity contribution in [3.63, 3.8) is 0 Å². The fourth-order valence-corrected chi connectivity index (χ4v) is 4.30. The number of hydrogen-bond acceptors (Lipinski definition) is 5. The van der Waals surface area contributed by atoms with Crippen molar-refractivity contribution in [2.45, 2.75) is 6.61 Å². The van der Waals surface area contributed by atoms with Gasteiger partial charge >= 0.3 is 5.97 Å². The number of carboxylic acids is 1.